The quantitative estimate of drug-likeness (QED) is 0.766. The first-order valence-electron chi connectivity index (χ1n) is 8.47. The van der Waals surface area contributed by atoms with E-state index in [0.717, 1.165) is 23.4 Å². The standard InChI is InChI=1S/C21H18F3N3O/c1-4-15-7-16(6-5-13(15)2)20(28)26-18-8-17(21(22,23)24)9-19(10-18)27-11-14(3)25-12-27/h1,5-11,25H,12H2,2-3H3,(H,26,28). The van der Waals surface area contributed by atoms with Gasteiger partial charge in [0.1, 0.15) is 0 Å². The molecule has 1 aliphatic rings. The topological polar surface area (TPSA) is 44.4 Å². The SMILES string of the molecule is C#Cc1cc(C(=O)Nc2cc(N3C=C(C)NC3)cc(C(F)(F)F)c2)ccc1C. The maximum Gasteiger partial charge on any atom is 0.416 e. The van der Waals surface area contributed by atoms with Crippen molar-refractivity contribution < 1.29 is 18.0 Å². The molecule has 0 aromatic heterocycles. The van der Waals surface area contributed by atoms with E-state index in [2.05, 4.69) is 16.6 Å². The van der Waals surface area contributed by atoms with E-state index >= 15 is 0 Å². The Bertz CT molecular complexity index is 1000. The normalized spacial score (nSPS) is 13.6. The zero-order valence-corrected chi connectivity index (χ0v) is 15.3. The minimum absolute atomic E-state index is 0.0515. The Morgan fingerprint density at radius 1 is 1.21 bits per heavy atom. The van der Waals surface area contributed by atoms with Crippen molar-refractivity contribution >= 4 is 17.3 Å². The predicted molar refractivity (Wildman–Crippen MR) is 103 cm³/mol. The molecule has 0 saturated carbocycles. The van der Waals surface area contributed by atoms with Crippen LogP contribution in [0.1, 0.15) is 34.0 Å². The number of benzene rings is 2. The Morgan fingerprint density at radius 2 is 1.96 bits per heavy atom. The number of alkyl halides is 3. The molecule has 28 heavy (non-hydrogen) atoms. The van der Waals surface area contributed by atoms with Gasteiger partial charge in [0.15, 0.2) is 0 Å². The number of carbonyl (C=O) groups excluding carboxylic acids is 1. The van der Waals surface area contributed by atoms with E-state index in [4.69, 9.17) is 6.42 Å². The van der Waals surface area contributed by atoms with Crippen LogP contribution >= 0.6 is 0 Å². The molecule has 7 heteroatoms. The van der Waals surface area contributed by atoms with Crippen LogP contribution in [0.4, 0.5) is 24.5 Å². The number of rotatable bonds is 3. The Balaban J connectivity index is 1.95. The molecule has 144 valence electrons. The summed E-state index contributed by atoms with van der Waals surface area (Å²) in [5.74, 6) is 1.95. The molecule has 0 saturated heterocycles. The highest BCUT2D eigenvalue weighted by molar-refractivity contribution is 6.04. The van der Waals surface area contributed by atoms with Gasteiger partial charge in [-0.2, -0.15) is 13.2 Å². The van der Waals surface area contributed by atoms with Gasteiger partial charge in [0.2, 0.25) is 0 Å². The molecule has 0 atom stereocenters. The number of hydrogen-bond acceptors (Lipinski definition) is 3. The lowest BCUT2D eigenvalue weighted by Gasteiger charge is -2.19. The third-order valence-electron chi connectivity index (χ3n) is 4.37. The van der Waals surface area contributed by atoms with Gasteiger partial charge in [-0.15, -0.1) is 6.42 Å². The summed E-state index contributed by atoms with van der Waals surface area (Å²) in [6.45, 7) is 3.98. The van der Waals surface area contributed by atoms with Crippen molar-refractivity contribution in [1.29, 1.82) is 0 Å². The first kappa shape index (κ1) is 19.4. The summed E-state index contributed by atoms with van der Waals surface area (Å²) in [6.07, 6.45) is 2.59. The highest BCUT2D eigenvalue weighted by Crippen LogP contribution is 2.35. The number of nitrogens with zero attached hydrogens (tertiary/aromatic N) is 1. The first-order chi connectivity index (χ1) is 13.2. The minimum atomic E-state index is -4.54. The molecule has 2 aromatic carbocycles. The Labute approximate surface area is 161 Å². The zero-order valence-electron chi connectivity index (χ0n) is 15.3. The summed E-state index contributed by atoms with van der Waals surface area (Å²) < 4.78 is 40.0. The minimum Gasteiger partial charge on any atom is -0.370 e. The fourth-order valence-corrected chi connectivity index (χ4v) is 2.84. The summed E-state index contributed by atoms with van der Waals surface area (Å²) in [7, 11) is 0. The van der Waals surface area contributed by atoms with Gasteiger partial charge >= 0.3 is 6.18 Å². The summed E-state index contributed by atoms with van der Waals surface area (Å²) in [4.78, 5) is 14.2. The summed E-state index contributed by atoms with van der Waals surface area (Å²) in [5, 5.41) is 5.57. The molecule has 1 aliphatic heterocycles. The van der Waals surface area contributed by atoms with Gasteiger partial charge in [-0.25, -0.2) is 0 Å². The van der Waals surface area contributed by atoms with Crippen molar-refractivity contribution in [2.24, 2.45) is 0 Å². The molecule has 2 aromatic rings. The fraction of sp³-hybridized carbons (Fsp3) is 0.190. The number of allylic oxidation sites excluding steroid dienone is 1. The van der Waals surface area contributed by atoms with E-state index in [-0.39, 0.29) is 11.3 Å². The monoisotopic (exact) mass is 385 g/mol. The maximum atomic E-state index is 13.3. The first-order valence-corrected chi connectivity index (χ1v) is 8.47. The molecule has 2 N–H and O–H groups in total. The van der Waals surface area contributed by atoms with Crippen molar-refractivity contribution in [3.8, 4) is 12.3 Å². The van der Waals surface area contributed by atoms with Crippen LogP contribution in [-0.2, 0) is 6.18 Å². The molecular weight excluding hydrogens is 367 g/mol. The van der Waals surface area contributed by atoms with Crippen LogP contribution in [0.3, 0.4) is 0 Å². The molecule has 0 bridgehead atoms. The molecule has 0 unspecified atom stereocenters. The highest BCUT2D eigenvalue weighted by Gasteiger charge is 2.32. The van der Waals surface area contributed by atoms with Gasteiger partial charge in [-0.05, 0) is 49.7 Å². The number of aryl methyl sites for hydroxylation is 1. The number of carbonyl (C=O) groups is 1. The summed E-state index contributed by atoms with van der Waals surface area (Å²) in [6, 6.07) is 8.28. The average molecular weight is 385 g/mol. The smallest absolute Gasteiger partial charge is 0.370 e. The van der Waals surface area contributed by atoms with Crippen LogP contribution in [0.2, 0.25) is 0 Å². The van der Waals surface area contributed by atoms with Crippen LogP contribution in [0.5, 0.6) is 0 Å². The summed E-state index contributed by atoms with van der Waals surface area (Å²) in [5.41, 5.74) is 2.04. The Morgan fingerprint density at radius 3 is 2.57 bits per heavy atom. The lowest BCUT2D eigenvalue weighted by Crippen LogP contribution is -2.21. The van der Waals surface area contributed by atoms with Gasteiger partial charge in [0.05, 0.1) is 12.2 Å². The largest absolute Gasteiger partial charge is 0.416 e. The van der Waals surface area contributed by atoms with E-state index in [1.807, 2.05) is 13.8 Å². The zero-order chi connectivity index (χ0) is 20.5. The van der Waals surface area contributed by atoms with Crippen LogP contribution in [0, 0.1) is 19.3 Å². The van der Waals surface area contributed by atoms with Crippen molar-refractivity contribution in [1.82, 2.24) is 5.32 Å². The number of halogens is 3. The number of nitrogens with one attached hydrogen (secondary N) is 2. The van der Waals surface area contributed by atoms with Crippen LogP contribution in [-0.4, -0.2) is 12.6 Å². The molecule has 0 aliphatic carbocycles. The van der Waals surface area contributed by atoms with Gasteiger partial charge in [-0.3, -0.25) is 4.79 Å². The second-order valence-electron chi connectivity index (χ2n) is 6.51. The van der Waals surface area contributed by atoms with Crippen LogP contribution in [0.15, 0.2) is 48.3 Å². The molecule has 1 amide bonds. The van der Waals surface area contributed by atoms with E-state index in [0.29, 0.717) is 17.9 Å². The highest BCUT2D eigenvalue weighted by atomic mass is 19.4. The molecule has 0 spiro atoms. The Kier molecular flexibility index (Phi) is 5.06. The lowest BCUT2D eigenvalue weighted by molar-refractivity contribution is -0.137. The van der Waals surface area contributed by atoms with Crippen molar-refractivity contribution in [3.05, 3.63) is 70.5 Å². The van der Waals surface area contributed by atoms with E-state index in [1.54, 1.807) is 23.2 Å². The number of hydrogen-bond donors (Lipinski definition) is 2. The number of anilines is 2. The van der Waals surface area contributed by atoms with Gasteiger partial charge in [0.25, 0.3) is 5.91 Å². The molecule has 1 heterocycles. The van der Waals surface area contributed by atoms with Gasteiger partial charge in [-0.1, -0.05) is 12.0 Å². The third-order valence-corrected chi connectivity index (χ3v) is 4.37. The van der Waals surface area contributed by atoms with E-state index in [1.165, 1.54) is 12.1 Å². The average Bonchev–Trinajstić information content (AvgIpc) is 3.07. The van der Waals surface area contributed by atoms with E-state index < -0.39 is 17.6 Å². The Hall–Kier alpha value is -3.40. The molecule has 0 radical (unpaired) electrons. The van der Waals surface area contributed by atoms with Crippen molar-refractivity contribution in [3.63, 3.8) is 0 Å². The predicted octanol–water partition coefficient (Wildman–Crippen LogP) is 4.48. The van der Waals surface area contributed by atoms with Gasteiger partial charge < -0.3 is 15.5 Å². The fourth-order valence-electron chi connectivity index (χ4n) is 2.84. The second kappa shape index (κ2) is 7.31. The molecular formula is C21H18F3N3O. The third kappa shape index (κ3) is 4.12. The lowest BCUT2D eigenvalue weighted by atomic mass is 10.0. The van der Waals surface area contributed by atoms with Crippen molar-refractivity contribution in [2.45, 2.75) is 20.0 Å². The molecule has 3 rings (SSSR count). The van der Waals surface area contributed by atoms with Crippen molar-refractivity contribution in [2.75, 3.05) is 16.9 Å². The second-order valence-corrected chi connectivity index (χ2v) is 6.51. The van der Waals surface area contributed by atoms with Crippen LogP contribution < -0.4 is 15.5 Å². The molecule has 4 nitrogen and oxygen atoms in total. The van der Waals surface area contributed by atoms with E-state index in [9.17, 15) is 18.0 Å². The maximum absolute atomic E-state index is 13.3. The summed E-state index contributed by atoms with van der Waals surface area (Å²) >= 11 is 0. The number of amides is 1. The van der Waals surface area contributed by atoms with Crippen LogP contribution in [0.25, 0.3) is 0 Å². The number of terminal acetylenes is 1. The molecule has 0 fully saturated rings. The van der Waals surface area contributed by atoms with Gasteiger partial charge in [0, 0.05) is 34.4 Å².